The molecule has 2 nitrogen and oxygen atoms in total. The summed E-state index contributed by atoms with van der Waals surface area (Å²) in [5.41, 5.74) is 7.30. The van der Waals surface area contributed by atoms with Gasteiger partial charge in [-0.05, 0) is 43.3 Å². The first-order valence-corrected chi connectivity index (χ1v) is 8.36. The number of nitrogens with zero attached hydrogens (tertiary/aromatic N) is 2. The third kappa shape index (κ3) is 3.33. The number of hydrogen-bond acceptors (Lipinski definition) is 2. The lowest BCUT2D eigenvalue weighted by Crippen LogP contribution is -2.12. The highest BCUT2D eigenvalue weighted by molar-refractivity contribution is 6.26. The summed E-state index contributed by atoms with van der Waals surface area (Å²) >= 11 is 0. The van der Waals surface area contributed by atoms with Crippen molar-refractivity contribution in [1.29, 1.82) is 0 Å². The number of aliphatic imine (C=N–C) groups is 2. The Kier molecular flexibility index (Phi) is 4.09. The van der Waals surface area contributed by atoms with Gasteiger partial charge < -0.3 is 0 Å². The standard InChI is InChI=1S/C23H18N2/c1-17-11-13-19(14-12-17)25-23-16-15-22(20-9-5-6-10-21(20)23)24-18-7-3-2-4-8-18/h2-16H,1H3. The van der Waals surface area contributed by atoms with Gasteiger partial charge in [0.25, 0.3) is 0 Å². The number of rotatable bonds is 2. The van der Waals surface area contributed by atoms with Crippen molar-refractivity contribution in [2.45, 2.75) is 6.92 Å². The summed E-state index contributed by atoms with van der Waals surface area (Å²) in [7, 11) is 0. The van der Waals surface area contributed by atoms with Crippen LogP contribution in [0.15, 0.2) is 101 Å². The predicted molar refractivity (Wildman–Crippen MR) is 106 cm³/mol. The zero-order chi connectivity index (χ0) is 17.1. The Bertz CT molecular complexity index is 978. The molecule has 120 valence electrons. The number of fused-ring (bicyclic) bond motifs is 1. The number of allylic oxidation sites excluding steroid dienone is 2. The van der Waals surface area contributed by atoms with Gasteiger partial charge in [0.2, 0.25) is 0 Å². The Labute approximate surface area is 147 Å². The molecule has 1 aliphatic carbocycles. The second-order valence-corrected chi connectivity index (χ2v) is 6.04. The normalized spacial score (nSPS) is 16.2. The van der Waals surface area contributed by atoms with Crippen LogP contribution < -0.4 is 0 Å². The first-order valence-electron chi connectivity index (χ1n) is 8.36. The summed E-state index contributed by atoms with van der Waals surface area (Å²) in [4.78, 5) is 9.60. The highest BCUT2D eigenvalue weighted by Crippen LogP contribution is 2.23. The SMILES string of the molecule is Cc1ccc(N=C2C=CC(=Nc3ccccc3)c3ccccc32)cc1. The fourth-order valence-electron chi connectivity index (χ4n) is 2.86. The van der Waals surface area contributed by atoms with Crippen LogP contribution in [0.25, 0.3) is 0 Å². The van der Waals surface area contributed by atoms with E-state index in [1.54, 1.807) is 0 Å². The first kappa shape index (κ1) is 15.3. The summed E-state index contributed by atoms with van der Waals surface area (Å²) in [6, 6.07) is 26.6. The van der Waals surface area contributed by atoms with E-state index in [9.17, 15) is 0 Å². The molecule has 2 heteroatoms. The Morgan fingerprint density at radius 2 is 1.00 bits per heavy atom. The van der Waals surface area contributed by atoms with Gasteiger partial charge in [0.05, 0.1) is 22.8 Å². The maximum atomic E-state index is 4.82. The molecule has 3 aromatic carbocycles. The predicted octanol–water partition coefficient (Wildman–Crippen LogP) is 5.81. The molecule has 4 rings (SSSR count). The maximum absolute atomic E-state index is 4.82. The van der Waals surface area contributed by atoms with Crippen LogP contribution in [-0.2, 0) is 0 Å². The molecule has 0 radical (unpaired) electrons. The third-order valence-electron chi connectivity index (χ3n) is 4.17. The van der Waals surface area contributed by atoms with Gasteiger partial charge in [-0.3, -0.25) is 0 Å². The molecule has 0 saturated heterocycles. The van der Waals surface area contributed by atoms with Crippen LogP contribution in [0.5, 0.6) is 0 Å². The summed E-state index contributed by atoms with van der Waals surface area (Å²) < 4.78 is 0. The number of benzene rings is 3. The minimum Gasteiger partial charge on any atom is -0.248 e. The molecule has 0 aromatic heterocycles. The number of para-hydroxylation sites is 1. The van der Waals surface area contributed by atoms with Crippen LogP contribution in [0.1, 0.15) is 16.7 Å². The van der Waals surface area contributed by atoms with Gasteiger partial charge in [0.1, 0.15) is 0 Å². The molecule has 0 atom stereocenters. The van der Waals surface area contributed by atoms with E-state index in [0.717, 1.165) is 33.9 Å². The van der Waals surface area contributed by atoms with E-state index >= 15 is 0 Å². The molecule has 0 amide bonds. The van der Waals surface area contributed by atoms with Gasteiger partial charge in [-0.15, -0.1) is 0 Å². The largest absolute Gasteiger partial charge is 0.248 e. The molecular formula is C23H18N2. The van der Waals surface area contributed by atoms with E-state index in [1.165, 1.54) is 5.56 Å². The third-order valence-corrected chi connectivity index (χ3v) is 4.17. The molecule has 3 aromatic rings. The van der Waals surface area contributed by atoms with Crippen LogP contribution in [0.4, 0.5) is 11.4 Å². The molecule has 0 heterocycles. The summed E-state index contributed by atoms with van der Waals surface area (Å²) in [5.74, 6) is 0. The molecule has 25 heavy (non-hydrogen) atoms. The maximum Gasteiger partial charge on any atom is 0.0716 e. The fourth-order valence-corrected chi connectivity index (χ4v) is 2.86. The minimum atomic E-state index is 0.955. The molecular weight excluding hydrogens is 304 g/mol. The van der Waals surface area contributed by atoms with Crippen LogP contribution in [-0.4, -0.2) is 11.4 Å². The van der Waals surface area contributed by atoms with Gasteiger partial charge >= 0.3 is 0 Å². The van der Waals surface area contributed by atoms with Crippen molar-refractivity contribution in [3.8, 4) is 0 Å². The highest BCUT2D eigenvalue weighted by atomic mass is 14.8. The molecule has 0 aliphatic heterocycles. The van der Waals surface area contributed by atoms with Crippen molar-refractivity contribution in [3.63, 3.8) is 0 Å². The van der Waals surface area contributed by atoms with E-state index in [0.29, 0.717) is 0 Å². The molecule has 0 fully saturated rings. The van der Waals surface area contributed by atoms with Crippen molar-refractivity contribution in [1.82, 2.24) is 0 Å². The van der Waals surface area contributed by atoms with Crippen molar-refractivity contribution >= 4 is 22.8 Å². The van der Waals surface area contributed by atoms with Crippen molar-refractivity contribution in [2.24, 2.45) is 9.98 Å². The van der Waals surface area contributed by atoms with Crippen molar-refractivity contribution in [3.05, 3.63) is 108 Å². The lowest BCUT2D eigenvalue weighted by molar-refractivity contribution is 1.42. The second kappa shape index (κ2) is 6.70. The van der Waals surface area contributed by atoms with Crippen molar-refractivity contribution in [2.75, 3.05) is 0 Å². The average molecular weight is 322 g/mol. The molecule has 0 saturated carbocycles. The van der Waals surface area contributed by atoms with E-state index in [4.69, 9.17) is 9.98 Å². The summed E-state index contributed by atoms with van der Waals surface area (Å²) in [6.45, 7) is 2.08. The van der Waals surface area contributed by atoms with E-state index in [2.05, 4.69) is 31.2 Å². The van der Waals surface area contributed by atoms with Gasteiger partial charge in [0, 0.05) is 11.1 Å². The molecule has 0 spiro atoms. The fraction of sp³-hybridized carbons (Fsp3) is 0.0435. The minimum absolute atomic E-state index is 0.955. The molecule has 1 aliphatic rings. The monoisotopic (exact) mass is 322 g/mol. The molecule has 0 unspecified atom stereocenters. The summed E-state index contributed by atoms with van der Waals surface area (Å²) in [5, 5.41) is 0. The topological polar surface area (TPSA) is 24.7 Å². The lowest BCUT2D eigenvalue weighted by atomic mass is 9.93. The van der Waals surface area contributed by atoms with Gasteiger partial charge in [0.15, 0.2) is 0 Å². The van der Waals surface area contributed by atoms with E-state index < -0.39 is 0 Å². The Morgan fingerprint density at radius 1 is 0.520 bits per heavy atom. The molecule has 0 bridgehead atoms. The zero-order valence-electron chi connectivity index (χ0n) is 14.1. The van der Waals surface area contributed by atoms with Gasteiger partial charge in [-0.25, -0.2) is 9.98 Å². The zero-order valence-corrected chi connectivity index (χ0v) is 14.1. The second-order valence-electron chi connectivity index (χ2n) is 6.04. The quantitative estimate of drug-likeness (QED) is 0.569. The van der Waals surface area contributed by atoms with Crippen molar-refractivity contribution < 1.29 is 0 Å². The van der Waals surface area contributed by atoms with E-state index in [-0.39, 0.29) is 0 Å². The van der Waals surface area contributed by atoms with E-state index in [1.807, 2.05) is 66.7 Å². The molecule has 0 N–H and O–H groups in total. The van der Waals surface area contributed by atoms with Crippen LogP contribution >= 0.6 is 0 Å². The Hall–Kier alpha value is -3.26. The summed E-state index contributed by atoms with van der Waals surface area (Å²) in [6.07, 6.45) is 4.09. The van der Waals surface area contributed by atoms with Crippen LogP contribution in [0.2, 0.25) is 0 Å². The average Bonchev–Trinajstić information content (AvgIpc) is 2.66. The van der Waals surface area contributed by atoms with Gasteiger partial charge in [-0.2, -0.15) is 0 Å². The number of hydrogen-bond donors (Lipinski definition) is 0. The smallest absolute Gasteiger partial charge is 0.0716 e. The van der Waals surface area contributed by atoms with Gasteiger partial charge in [-0.1, -0.05) is 60.2 Å². The lowest BCUT2D eigenvalue weighted by Gasteiger charge is -2.15. The Morgan fingerprint density at radius 3 is 1.56 bits per heavy atom. The van der Waals surface area contributed by atoms with Crippen LogP contribution in [0, 0.1) is 6.92 Å². The Balaban J connectivity index is 1.78. The number of aryl methyl sites for hydroxylation is 1. The highest BCUT2D eigenvalue weighted by Gasteiger charge is 2.15. The van der Waals surface area contributed by atoms with Crippen LogP contribution in [0.3, 0.4) is 0 Å². The first-order chi connectivity index (χ1) is 12.3.